The minimum Gasteiger partial charge on any atom is -0.488 e. The molecule has 0 spiro atoms. The third kappa shape index (κ3) is 1.70. The summed E-state index contributed by atoms with van der Waals surface area (Å²) in [5, 5.41) is 6.39. The van der Waals surface area contributed by atoms with Gasteiger partial charge in [0.25, 0.3) is 0 Å². The van der Waals surface area contributed by atoms with Crippen LogP contribution in [0.3, 0.4) is 0 Å². The fourth-order valence-corrected chi connectivity index (χ4v) is 3.22. The van der Waals surface area contributed by atoms with Gasteiger partial charge in [-0.15, -0.1) is 0 Å². The molecular weight excluding hydrogens is 293 g/mol. The van der Waals surface area contributed by atoms with Gasteiger partial charge in [0.1, 0.15) is 18.2 Å². The highest BCUT2D eigenvalue weighted by atomic mass is 19.1. The van der Waals surface area contributed by atoms with E-state index in [9.17, 15) is 4.39 Å². The molecule has 2 aromatic heterocycles. The third-order valence-corrected chi connectivity index (χ3v) is 4.37. The second-order valence-corrected chi connectivity index (χ2v) is 5.76. The number of hydrogen-bond donors (Lipinski definition) is 0. The first kappa shape index (κ1) is 12.6. The first-order chi connectivity index (χ1) is 11.2. The highest BCUT2D eigenvalue weighted by Crippen LogP contribution is 2.38. The summed E-state index contributed by atoms with van der Waals surface area (Å²) in [5.74, 6) is 0.241. The van der Waals surface area contributed by atoms with Crippen LogP contribution in [-0.2, 0) is 13.7 Å². The molecule has 1 aliphatic rings. The van der Waals surface area contributed by atoms with Crippen molar-refractivity contribution < 1.29 is 9.13 Å². The van der Waals surface area contributed by atoms with Crippen molar-refractivity contribution in [2.75, 3.05) is 0 Å². The van der Waals surface area contributed by atoms with Crippen molar-refractivity contribution >= 4 is 21.8 Å². The summed E-state index contributed by atoms with van der Waals surface area (Å²) < 4.78 is 20.9. The zero-order valence-electron chi connectivity index (χ0n) is 12.4. The first-order valence-electron chi connectivity index (χ1n) is 7.38. The highest BCUT2D eigenvalue weighted by Gasteiger charge is 2.21. The van der Waals surface area contributed by atoms with Crippen LogP contribution in [0.1, 0.15) is 5.56 Å². The smallest absolute Gasteiger partial charge is 0.132 e. The van der Waals surface area contributed by atoms with Gasteiger partial charge in [0, 0.05) is 35.0 Å². The normalized spacial score (nSPS) is 13.0. The molecule has 0 amide bonds. The SMILES string of the molecule is Cn1ncc2c3nc4c(cc3ccc21)COc1cc(F)ccc1-4. The summed E-state index contributed by atoms with van der Waals surface area (Å²) in [6.07, 6.45) is 1.84. The number of fused-ring (bicyclic) bond motifs is 6. The number of halogens is 1. The van der Waals surface area contributed by atoms with Gasteiger partial charge >= 0.3 is 0 Å². The summed E-state index contributed by atoms with van der Waals surface area (Å²) >= 11 is 0. The number of nitrogens with zero attached hydrogens (tertiary/aromatic N) is 3. The fraction of sp³-hybridized carbons (Fsp3) is 0.111. The molecule has 0 fully saturated rings. The van der Waals surface area contributed by atoms with Gasteiger partial charge in [0.15, 0.2) is 0 Å². The minimum absolute atomic E-state index is 0.303. The number of hydrogen-bond acceptors (Lipinski definition) is 3. The van der Waals surface area contributed by atoms with Crippen molar-refractivity contribution in [2.24, 2.45) is 7.05 Å². The average Bonchev–Trinajstić information content (AvgIpc) is 2.94. The van der Waals surface area contributed by atoms with Crippen LogP contribution in [0, 0.1) is 5.82 Å². The van der Waals surface area contributed by atoms with Crippen LogP contribution in [0.5, 0.6) is 5.75 Å². The molecule has 5 heteroatoms. The first-order valence-corrected chi connectivity index (χ1v) is 7.38. The fourth-order valence-electron chi connectivity index (χ4n) is 3.22. The number of rotatable bonds is 0. The van der Waals surface area contributed by atoms with Crippen molar-refractivity contribution in [3.8, 4) is 17.0 Å². The summed E-state index contributed by atoms with van der Waals surface area (Å²) in [6.45, 7) is 0.403. The molecule has 0 atom stereocenters. The standard InChI is InChI=1S/C18H12FN3O/c1-22-15-5-2-10-6-11-9-23-16-7-12(19)3-4-13(16)18(11)21-17(10)14(15)8-20-22/h2-8H,9H2,1H3. The second-order valence-electron chi connectivity index (χ2n) is 5.76. The van der Waals surface area contributed by atoms with Gasteiger partial charge in [0.2, 0.25) is 0 Å². The Morgan fingerprint density at radius 1 is 1.17 bits per heavy atom. The van der Waals surface area contributed by atoms with Crippen molar-refractivity contribution in [3.05, 3.63) is 54.0 Å². The van der Waals surface area contributed by atoms with Crippen LogP contribution >= 0.6 is 0 Å². The Balaban J connectivity index is 1.87. The van der Waals surface area contributed by atoms with Crippen molar-refractivity contribution in [1.82, 2.24) is 14.8 Å². The van der Waals surface area contributed by atoms with Gasteiger partial charge in [-0.1, -0.05) is 6.07 Å². The van der Waals surface area contributed by atoms with Gasteiger partial charge in [0.05, 0.1) is 22.9 Å². The number of aromatic nitrogens is 3. The molecule has 0 N–H and O–H groups in total. The lowest BCUT2D eigenvalue weighted by atomic mass is 10.00. The van der Waals surface area contributed by atoms with E-state index in [-0.39, 0.29) is 5.82 Å². The van der Waals surface area contributed by atoms with Crippen LogP contribution in [-0.4, -0.2) is 14.8 Å². The monoisotopic (exact) mass is 305 g/mol. The van der Waals surface area contributed by atoms with Crippen molar-refractivity contribution in [1.29, 1.82) is 0 Å². The van der Waals surface area contributed by atoms with Crippen molar-refractivity contribution in [3.63, 3.8) is 0 Å². The Kier molecular flexibility index (Phi) is 2.34. The molecule has 0 radical (unpaired) electrons. The van der Waals surface area contributed by atoms with E-state index in [0.717, 1.165) is 38.6 Å². The Bertz CT molecular complexity index is 1100. The number of benzene rings is 2. The molecule has 0 saturated carbocycles. The van der Waals surface area contributed by atoms with Crippen LogP contribution in [0.25, 0.3) is 33.1 Å². The largest absolute Gasteiger partial charge is 0.488 e. The van der Waals surface area contributed by atoms with Gasteiger partial charge < -0.3 is 4.74 Å². The quantitative estimate of drug-likeness (QED) is 0.496. The minimum atomic E-state index is -0.303. The molecule has 3 heterocycles. The maximum absolute atomic E-state index is 13.4. The zero-order valence-corrected chi connectivity index (χ0v) is 12.4. The highest BCUT2D eigenvalue weighted by molar-refractivity contribution is 6.04. The Morgan fingerprint density at radius 3 is 3.00 bits per heavy atom. The molecule has 4 nitrogen and oxygen atoms in total. The van der Waals surface area contributed by atoms with E-state index in [1.807, 2.05) is 30.1 Å². The number of pyridine rings is 1. The third-order valence-electron chi connectivity index (χ3n) is 4.37. The van der Waals surface area contributed by atoms with E-state index in [2.05, 4.69) is 11.2 Å². The molecule has 2 aromatic carbocycles. The molecule has 0 saturated heterocycles. The summed E-state index contributed by atoms with van der Waals surface area (Å²) in [5.41, 5.74) is 4.65. The van der Waals surface area contributed by atoms with Gasteiger partial charge in [-0.05, 0) is 24.3 Å². The van der Waals surface area contributed by atoms with Gasteiger partial charge in [-0.3, -0.25) is 4.68 Å². The van der Waals surface area contributed by atoms with E-state index < -0.39 is 0 Å². The summed E-state index contributed by atoms with van der Waals surface area (Å²) in [7, 11) is 1.92. The molecule has 0 bridgehead atoms. The maximum atomic E-state index is 13.4. The van der Waals surface area contributed by atoms with E-state index in [4.69, 9.17) is 9.72 Å². The lowest BCUT2D eigenvalue weighted by Crippen LogP contribution is -2.07. The van der Waals surface area contributed by atoms with Gasteiger partial charge in [-0.2, -0.15) is 5.10 Å². The van der Waals surface area contributed by atoms with Crippen LogP contribution in [0.4, 0.5) is 4.39 Å². The Hall–Kier alpha value is -2.95. The Morgan fingerprint density at radius 2 is 2.09 bits per heavy atom. The maximum Gasteiger partial charge on any atom is 0.132 e. The summed E-state index contributed by atoms with van der Waals surface area (Å²) in [6, 6.07) is 10.8. The zero-order chi connectivity index (χ0) is 15.6. The molecule has 23 heavy (non-hydrogen) atoms. The summed E-state index contributed by atoms with van der Waals surface area (Å²) in [4.78, 5) is 4.87. The van der Waals surface area contributed by atoms with Gasteiger partial charge in [-0.25, -0.2) is 9.37 Å². The van der Waals surface area contributed by atoms with E-state index in [0.29, 0.717) is 12.4 Å². The van der Waals surface area contributed by atoms with Crippen molar-refractivity contribution in [2.45, 2.75) is 6.61 Å². The predicted molar refractivity (Wildman–Crippen MR) is 85.7 cm³/mol. The van der Waals surface area contributed by atoms with E-state index in [1.165, 1.54) is 12.1 Å². The van der Waals surface area contributed by atoms with Crippen LogP contribution in [0.15, 0.2) is 42.6 Å². The average molecular weight is 305 g/mol. The molecule has 0 aliphatic carbocycles. The molecule has 5 rings (SSSR count). The molecule has 112 valence electrons. The van der Waals surface area contributed by atoms with Crippen LogP contribution < -0.4 is 4.74 Å². The lowest BCUT2D eigenvalue weighted by molar-refractivity contribution is 0.300. The molecule has 0 unspecified atom stereocenters. The Labute approximate surface area is 131 Å². The molecule has 4 aromatic rings. The predicted octanol–water partition coefficient (Wildman–Crippen LogP) is 3.82. The second kappa shape index (κ2) is 4.29. The molecular formula is C18H12FN3O. The molecule has 1 aliphatic heterocycles. The number of ether oxygens (including phenoxy) is 1. The number of aryl methyl sites for hydroxylation is 1. The van der Waals surface area contributed by atoms with E-state index >= 15 is 0 Å². The van der Waals surface area contributed by atoms with E-state index in [1.54, 1.807) is 6.07 Å². The van der Waals surface area contributed by atoms with Crippen LogP contribution in [0.2, 0.25) is 0 Å². The lowest BCUT2D eigenvalue weighted by Gasteiger charge is -2.20. The topological polar surface area (TPSA) is 39.9 Å².